The first kappa shape index (κ1) is 54.7. The van der Waals surface area contributed by atoms with Crippen LogP contribution in [0.4, 0.5) is 0 Å². The molecule has 66 heavy (non-hydrogen) atoms. The first-order chi connectivity index (χ1) is 31.2. The normalized spacial score (nSPS) is 25.4. The van der Waals surface area contributed by atoms with Crippen LogP contribution >= 0.6 is 0 Å². The zero-order chi connectivity index (χ0) is 49.2. The molecular weight excluding hydrogens is 857 g/mol. The van der Waals surface area contributed by atoms with Crippen molar-refractivity contribution in [1.29, 1.82) is 0 Å². The smallest absolute Gasteiger partial charge is 0.329 e. The highest BCUT2D eigenvalue weighted by Gasteiger charge is 2.46. The van der Waals surface area contributed by atoms with E-state index in [2.05, 4.69) is 26.6 Å². The average molecular weight is 929 g/mol. The number of carbonyl (C=O) groups excluding carboxylic acids is 8. The van der Waals surface area contributed by atoms with Crippen LogP contribution in [0.1, 0.15) is 118 Å². The number of hydrogen-bond acceptors (Lipinski definition) is 12. The Morgan fingerprint density at radius 1 is 0.879 bits per heavy atom. The number of esters is 1. The van der Waals surface area contributed by atoms with Crippen molar-refractivity contribution >= 4 is 53.3 Å². The molecule has 368 valence electrons. The van der Waals surface area contributed by atoms with Gasteiger partial charge in [0.15, 0.2) is 0 Å². The van der Waals surface area contributed by atoms with Gasteiger partial charge in [0, 0.05) is 19.9 Å². The lowest BCUT2D eigenvalue weighted by Crippen LogP contribution is -2.65. The van der Waals surface area contributed by atoms with Gasteiger partial charge in [0.2, 0.25) is 41.4 Å². The minimum atomic E-state index is -1.81. The molecule has 1 aromatic carbocycles. The number of carboxylic acids is 1. The van der Waals surface area contributed by atoms with Crippen molar-refractivity contribution in [2.75, 3.05) is 13.6 Å². The number of cyclic esters (lactones) is 1. The molecule has 2 heterocycles. The number of nitrogens with zero attached hydrogens (tertiary/aromatic N) is 2. The Kier molecular flexibility index (Phi) is 22.0. The van der Waals surface area contributed by atoms with Gasteiger partial charge in [-0.25, -0.2) is 4.79 Å². The maximum Gasteiger partial charge on any atom is 0.329 e. The third-order valence-electron chi connectivity index (χ3n) is 11.8. The van der Waals surface area contributed by atoms with Crippen molar-refractivity contribution < 1.29 is 58.1 Å². The minimum Gasteiger partial charge on any atom is -0.481 e. The number of aliphatic carboxylic acids is 1. The molecule has 2 fully saturated rings. The largest absolute Gasteiger partial charge is 0.481 e. The first-order valence-corrected chi connectivity index (χ1v) is 23.1. The van der Waals surface area contributed by atoms with Crippen molar-refractivity contribution in [3.63, 3.8) is 0 Å². The van der Waals surface area contributed by atoms with E-state index < -0.39 is 120 Å². The molecule has 9 atom stereocenters. The Balaban J connectivity index is 2.20. The molecule has 2 aliphatic heterocycles. The van der Waals surface area contributed by atoms with Gasteiger partial charge in [0.1, 0.15) is 54.6 Å². The molecule has 2 aliphatic rings. The molecule has 9 N–H and O–H groups in total. The van der Waals surface area contributed by atoms with Gasteiger partial charge in [-0.1, -0.05) is 77.8 Å². The van der Waals surface area contributed by atoms with E-state index in [1.54, 1.807) is 44.2 Å². The summed E-state index contributed by atoms with van der Waals surface area (Å²) in [6, 6.07) is -1.23. The molecular formula is C46H72N8O12. The molecule has 7 amide bonds. The van der Waals surface area contributed by atoms with E-state index in [0.29, 0.717) is 31.2 Å². The van der Waals surface area contributed by atoms with Gasteiger partial charge in [0.25, 0.3) is 0 Å². The molecule has 0 aliphatic carbocycles. The maximum absolute atomic E-state index is 14.7. The number of amides is 7. The minimum absolute atomic E-state index is 0.00414. The lowest BCUT2D eigenvalue weighted by Gasteiger charge is -2.43. The van der Waals surface area contributed by atoms with Gasteiger partial charge in [0.05, 0.1) is 6.42 Å². The van der Waals surface area contributed by atoms with E-state index in [4.69, 9.17) is 10.5 Å². The molecule has 2 bridgehead atoms. The number of likely N-dealkylation sites (N-methyl/N-ethyl adjacent to an activating group) is 1. The van der Waals surface area contributed by atoms with Crippen LogP contribution in [0.2, 0.25) is 0 Å². The van der Waals surface area contributed by atoms with Gasteiger partial charge in [-0.3, -0.25) is 38.4 Å². The topological polar surface area (TPSA) is 296 Å². The van der Waals surface area contributed by atoms with E-state index >= 15 is 0 Å². The van der Waals surface area contributed by atoms with Crippen LogP contribution < -0.4 is 32.3 Å². The number of aliphatic hydroxyl groups excluding tert-OH is 1. The van der Waals surface area contributed by atoms with Crippen LogP contribution in [0, 0.1) is 11.8 Å². The van der Waals surface area contributed by atoms with Gasteiger partial charge < -0.3 is 57.1 Å². The summed E-state index contributed by atoms with van der Waals surface area (Å²) in [6.07, 6.45) is -1.10. The summed E-state index contributed by atoms with van der Waals surface area (Å²) in [7, 11) is 1.40. The molecule has 3 unspecified atom stereocenters. The molecule has 0 radical (unpaired) electrons. The SMILES string of the molecule is CCCCCC(=O)NC(CC(=O)O)C(=O)N[C@@H]1C(=O)N[C@@H](CCCCN)C(=O)NC2CCC(O)N(C2=O)[C@@H](CC(C)C)C(=O)N(C)[C@@H](Cc2ccccc2)C(=O)N[C@@H](C(C)C)C(=O)O[C@@H]1C. The van der Waals surface area contributed by atoms with Gasteiger partial charge in [-0.05, 0) is 75.8 Å². The van der Waals surface area contributed by atoms with Crippen molar-refractivity contribution in [3.8, 4) is 0 Å². The standard InChI is InChI=1S/C46H72N8O12/c1-8-9-11-19-35(55)48-32(25-37(57)58)41(60)52-39-28(6)66-46(65)38(27(4)5)51-42(61)33(24-29-16-12-10-13-17-29)53(7)45(64)34(23-26(2)3)54-36(56)21-20-31(44(54)63)50-40(59)30(49-43(39)62)18-14-15-22-47/h10,12-13,16-17,26-28,30-34,36,38-39,56H,8-9,11,14-15,18-25,47H2,1-7H3,(H,48,55)(H,49,62)(H,50,59)(H,51,61)(H,52,60)(H,57,58)/t28-,30+,31?,32?,33+,34+,36?,38+,39+/m1/s1. The average Bonchev–Trinajstić information content (AvgIpc) is 3.25. The van der Waals surface area contributed by atoms with Crippen LogP contribution in [0.3, 0.4) is 0 Å². The summed E-state index contributed by atoms with van der Waals surface area (Å²) in [6.45, 7) is 10.4. The Hall–Kier alpha value is -5.63. The zero-order valence-electron chi connectivity index (χ0n) is 39.4. The van der Waals surface area contributed by atoms with E-state index in [0.717, 1.165) is 11.3 Å². The Morgan fingerprint density at radius 2 is 1.56 bits per heavy atom. The van der Waals surface area contributed by atoms with Crippen LogP contribution in [0.25, 0.3) is 0 Å². The van der Waals surface area contributed by atoms with Crippen molar-refractivity contribution in [1.82, 2.24) is 36.4 Å². The third-order valence-corrected chi connectivity index (χ3v) is 11.8. The van der Waals surface area contributed by atoms with Gasteiger partial charge >= 0.3 is 11.9 Å². The number of unbranched alkanes of at least 4 members (excludes halogenated alkanes) is 3. The number of carbonyl (C=O) groups is 9. The van der Waals surface area contributed by atoms with Crippen molar-refractivity contribution in [2.24, 2.45) is 17.6 Å². The second kappa shape index (κ2) is 26.5. The Labute approximate surface area is 387 Å². The molecule has 0 aromatic heterocycles. The number of hydrogen-bond donors (Lipinski definition) is 8. The lowest BCUT2D eigenvalue weighted by molar-refractivity contribution is -0.166. The number of fused-ring (bicyclic) bond motifs is 2. The number of nitrogens with one attached hydrogen (secondary N) is 5. The molecule has 20 nitrogen and oxygen atoms in total. The number of nitrogens with two attached hydrogens (primary N) is 1. The number of carboxylic acid groups (broad SMARTS) is 1. The van der Waals surface area contributed by atoms with Crippen LogP contribution in [0.15, 0.2) is 30.3 Å². The fraction of sp³-hybridized carbons (Fsp3) is 0.674. The van der Waals surface area contributed by atoms with E-state index in [-0.39, 0.29) is 51.0 Å². The lowest BCUT2D eigenvalue weighted by atomic mass is 9.94. The quantitative estimate of drug-likeness (QED) is 0.0741. The highest BCUT2D eigenvalue weighted by molar-refractivity contribution is 5.98. The Morgan fingerprint density at radius 3 is 2.17 bits per heavy atom. The summed E-state index contributed by atoms with van der Waals surface area (Å²) in [4.78, 5) is 127. The molecule has 2 saturated heterocycles. The summed E-state index contributed by atoms with van der Waals surface area (Å²) < 4.78 is 5.83. The van der Waals surface area contributed by atoms with Crippen molar-refractivity contribution in [3.05, 3.63) is 35.9 Å². The fourth-order valence-corrected chi connectivity index (χ4v) is 8.01. The third kappa shape index (κ3) is 16.1. The van der Waals surface area contributed by atoms with Gasteiger partial charge in [-0.2, -0.15) is 0 Å². The highest BCUT2D eigenvalue weighted by atomic mass is 16.5. The molecule has 1 aromatic rings. The second-order valence-electron chi connectivity index (χ2n) is 18.0. The van der Waals surface area contributed by atoms with E-state index in [1.807, 2.05) is 20.8 Å². The zero-order valence-corrected chi connectivity index (χ0v) is 39.4. The molecule has 0 saturated carbocycles. The summed E-state index contributed by atoms with van der Waals surface area (Å²) in [5.41, 5.74) is 6.41. The number of piperidine rings is 1. The number of aliphatic hydroxyl groups is 1. The monoisotopic (exact) mass is 929 g/mol. The number of rotatable bonds is 18. The number of ether oxygens (including phenoxy) is 1. The van der Waals surface area contributed by atoms with Crippen LogP contribution in [0.5, 0.6) is 0 Å². The van der Waals surface area contributed by atoms with Gasteiger partial charge in [-0.15, -0.1) is 0 Å². The predicted molar refractivity (Wildman–Crippen MR) is 241 cm³/mol. The van der Waals surface area contributed by atoms with Crippen LogP contribution in [-0.2, 0) is 54.3 Å². The predicted octanol–water partition coefficient (Wildman–Crippen LogP) is 0.621. The first-order valence-electron chi connectivity index (χ1n) is 23.1. The second-order valence-corrected chi connectivity index (χ2v) is 18.0. The molecule has 20 heteroatoms. The maximum atomic E-state index is 14.7. The summed E-state index contributed by atoms with van der Waals surface area (Å²) in [5.74, 6) is -9.04. The Bertz CT molecular complexity index is 1850. The molecule has 0 spiro atoms. The summed E-state index contributed by atoms with van der Waals surface area (Å²) >= 11 is 0. The van der Waals surface area contributed by atoms with Crippen LogP contribution in [-0.4, -0.2) is 142 Å². The van der Waals surface area contributed by atoms with Crippen molar-refractivity contribution in [2.45, 2.75) is 173 Å². The number of benzene rings is 1. The summed E-state index contributed by atoms with van der Waals surface area (Å²) in [5, 5.41) is 33.9. The fourth-order valence-electron chi connectivity index (χ4n) is 8.01. The molecule has 3 rings (SSSR count). The highest BCUT2D eigenvalue weighted by Crippen LogP contribution is 2.26. The van der Waals surface area contributed by atoms with E-state index in [1.165, 1.54) is 18.9 Å². The van der Waals surface area contributed by atoms with E-state index in [9.17, 15) is 53.4 Å².